The number of hydrogen-bond donors (Lipinski definition) is 1. The van der Waals surface area contributed by atoms with E-state index in [9.17, 15) is 8.42 Å². The summed E-state index contributed by atoms with van der Waals surface area (Å²) >= 11 is 0. The summed E-state index contributed by atoms with van der Waals surface area (Å²) in [5.41, 5.74) is 5.02. The van der Waals surface area contributed by atoms with Gasteiger partial charge < -0.3 is 9.64 Å². The third kappa shape index (κ3) is 4.46. The first-order valence-electron chi connectivity index (χ1n) is 10.2. The summed E-state index contributed by atoms with van der Waals surface area (Å²) in [6.45, 7) is 0. The normalized spacial score (nSPS) is 16.1. The van der Waals surface area contributed by atoms with Crippen molar-refractivity contribution in [3.05, 3.63) is 83.9 Å². The Hall–Kier alpha value is -3.36. The van der Waals surface area contributed by atoms with E-state index in [0.717, 1.165) is 34.0 Å². The maximum absolute atomic E-state index is 11.6. The van der Waals surface area contributed by atoms with Gasteiger partial charge in [-0.2, -0.15) is 5.10 Å². The maximum Gasteiger partial charge on any atom is 0.238 e. The molecule has 0 saturated carbocycles. The minimum atomic E-state index is -3.75. The Kier molecular flexibility index (Phi) is 5.90. The van der Waals surface area contributed by atoms with Crippen molar-refractivity contribution in [3.63, 3.8) is 0 Å². The molecule has 32 heavy (non-hydrogen) atoms. The molecule has 0 saturated heterocycles. The lowest BCUT2D eigenvalue weighted by atomic mass is 9.98. The summed E-state index contributed by atoms with van der Waals surface area (Å²) in [5, 5.41) is 12.1. The van der Waals surface area contributed by atoms with Gasteiger partial charge in [-0.05, 0) is 59.7 Å². The minimum absolute atomic E-state index is 0.0373. The number of sulfonamides is 1. The van der Waals surface area contributed by atoms with Gasteiger partial charge in [-0.25, -0.2) is 13.6 Å². The van der Waals surface area contributed by atoms with E-state index in [1.807, 2.05) is 43.4 Å². The van der Waals surface area contributed by atoms with Crippen LogP contribution in [0.2, 0.25) is 0 Å². The van der Waals surface area contributed by atoms with Crippen LogP contribution in [0.25, 0.3) is 0 Å². The molecule has 0 bridgehead atoms. The molecule has 8 heteroatoms. The molecule has 3 aromatic rings. The molecule has 1 atom stereocenters. The van der Waals surface area contributed by atoms with Gasteiger partial charge in [-0.1, -0.05) is 24.3 Å². The highest BCUT2D eigenvalue weighted by atomic mass is 32.2. The largest absolute Gasteiger partial charge is 0.497 e. The second-order valence-corrected chi connectivity index (χ2v) is 9.43. The van der Waals surface area contributed by atoms with Crippen LogP contribution in [0.4, 0.5) is 11.4 Å². The molecule has 1 unspecified atom stereocenters. The topological polar surface area (TPSA) is 88.2 Å². The van der Waals surface area contributed by atoms with Gasteiger partial charge in [0, 0.05) is 26.2 Å². The SMILES string of the molecule is COc1ccc(C2CC(c3ccc(N(C)C)cc3)=NN2c2ccc(S(N)(=O)=O)cc2)cc1. The van der Waals surface area contributed by atoms with Crippen LogP contribution < -0.4 is 19.8 Å². The quantitative estimate of drug-likeness (QED) is 0.618. The van der Waals surface area contributed by atoms with E-state index in [4.69, 9.17) is 15.0 Å². The number of methoxy groups -OCH3 is 1. The zero-order valence-electron chi connectivity index (χ0n) is 18.3. The molecule has 0 radical (unpaired) electrons. The van der Waals surface area contributed by atoms with Crippen LogP contribution in [0.5, 0.6) is 5.75 Å². The van der Waals surface area contributed by atoms with Crippen LogP contribution in [0.1, 0.15) is 23.6 Å². The van der Waals surface area contributed by atoms with Gasteiger partial charge in [0.15, 0.2) is 0 Å². The second kappa shape index (κ2) is 8.64. The van der Waals surface area contributed by atoms with Crippen LogP contribution in [-0.4, -0.2) is 35.3 Å². The van der Waals surface area contributed by atoms with Crippen molar-refractivity contribution < 1.29 is 13.2 Å². The molecule has 0 spiro atoms. The summed E-state index contributed by atoms with van der Waals surface area (Å²) in [5.74, 6) is 0.788. The van der Waals surface area contributed by atoms with Crippen LogP contribution in [-0.2, 0) is 10.0 Å². The number of primary sulfonamides is 1. The van der Waals surface area contributed by atoms with Crippen molar-refractivity contribution in [2.24, 2.45) is 10.2 Å². The summed E-state index contributed by atoms with van der Waals surface area (Å²) in [6.07, 6.45) is 0.713. The fourth-order valence-electron chi connectivity index (χ4n) is 3.75. The van der Waals surface area contributed by atoms with Crippen molar-refractivity contribution in [2.45, 2.75) is 17.4 Å². The summed E-state index contributed by atoms with van der Waals surface area (Å²) in [4.78, 5) is 2.13. The number of ether oxygens (including phenoxy) is 1. The minimum Gasteiger partial charge on any atom is -0.497 e. The Morgan fingerprint density at radius 2 is 1.59 bits per heavy atom. The van der Waals surface area contributed by atoms with E-state index in [2.05, 4.69) is 29.2 Å². The number of anilines is 2. The number of benzene rings is 3. The van der Waals surface area contributed by atoms with Crippen molar-refractivity contribution >= 4 is 27.1 Å². The highest BCUT2D eigenvalue weighted by Gasteiger charge is 2.30. The first-order chi connectivity index (χ1) is 15.3. The second-order valence-electron chi connectivity index (χ2n) is 7.86. The number of hydrazone groups is 1. The number of nitrogens with zero attached hydrogens (tertiary/aromatic N) is 3. The van der Waals surface area contributed by atoms with E-state index >= 15 is 0 Å². The smallest absolute Gasteiger partial charge is 0.238 e. The molecule has 1 aliphatic rings. The highest BCUT2D eigenvalue weighted by molar-refractivity contribution is 7.89. The van der Waals surface area contributed by atoms with E-state index in [1.165, 1.54) is 12.1 Å². The van der Waals surface area contributed by atoms with Crippen LogP contribution >= 0.6 is 0 Å². The molecule has 7 nitrogen and oxygen atoms in total. The lowest BCUT2D eigenvalue weighted by molar-refractivity contribution is 0.414. The van der Waals surface area contributed by atoms with Crippen molar-refractivity contribution in [2.75, 3.05) is 31.1 Å². The van der Waals surface area contributed by atoms with Crippen molar-refractivity contribution in [1.82, 2.24) is 0 Å². The standard InChI is InChI=1S/C24H26N4O3S/c1-27(2)19-8-4-17(5-9-19)23-16-24(18-6-12-21(31-3)13-7-18)28(26-23)20-10-14-22(15-11-20)32(25,29)30/h4-15,24H,16H2,1-3H3,(H2,25,29,30). The highest BCUT2D eigenvalue weighted by Crippen LogP contribution is 2.37. The third-order valence-electron chi connectivity index (χ3n) is 5.56. The Morgan fingerprint density at radius 3 is 2.12 bits per heavy atom. The Labute approximate surface area is 188 Å². The van der Waals surface area contributed by atoms with E-state index in [-0.39, 0.29) is 10.9 Å². The summed E-state index contributed by atoms with van der Waals surface area (Å²) in [7, 11) is 1.91. The maximum atomic E-state index is 11.6. The molecule has 166 valence electrons. The van der Waals surface area contributed by atoms with E-state index in [0.29, 0.717) is 6.42 Å². The molecule has 1 aliphatic heterocycles. The van der Waals surface area contributed by atoms with Gasteiger partial charge in [0.05, 0.1) is 29.4 Å². The van der Waals surface area contributed by atoms with Gasteiger partial charge in [0.25, 0.3) is 0 Å². The van der Waals surface area contributed by atoms with Crippen molar-refractivity contribution in [1.29, 1.82) is 0 Å². The fraction of sp³-hybridized carbons (Fsp3) is 0.208. The average Bonchev–Trinajstić information content (AvgIpc) is 3.24. The molecule has 1 heterocycles. The predicted molar refractivity (Wildman–Crippen MR) is 128 cm³/mol. The first-order valence-corrected chi connectivity index (χ1v) is 11.7. The first kappa shape index (κ1) is 21.9. The van der Waals surface area contributed by atoms with Crippen LogP contribution in [0.3, 0.4) is 0 Å². The molecule has 4 rings (SSSR count). The van der Waals surface area contributed by atoms with Crippen LogP contribution in [0.15, 0.2) is 82.8 Å². The lowest BCUT2D eigenvalue weighted by Crippen LogP contribution is -2.19. The van der Waals surface area contributed by atoms with Gasteiger partial charge >= 0.3 is 0 Å². The number of rotatable bonds is 6. The molecule has 3 aromatic carbocycles. The molecule has 2 N–H and O–H groups in total. The number of nitrogens with two attached hydrogens (primary N) is 1. The summed E-state index contributed by atoms with van der Waals surface area (Å²) in [6, 6.07) is 22.7. The van der Waals surface area contributed by atoms with Gasteiger partial charge in [-0.3, -0.25) is 5.01 Å². The molecule has 0 amide bonds. The Morgan fingerprint density at radius 1 is 0.969 bits per heavy atom. The molecule has 0 aromatic heterocycles. The Bertz CT molecular complexity index is 1220. The number of hydrogen-bond acceptors (Lipinski definition) is 6. The fourth-order valence-corrected chi connectivity index (χ4v) is 4.26. The molecular weight excluding hydrogens is 424 g/mol. The van der Waals surface area contributed by atoms with Crippen molar-refractivity contribution in [3.8, 4) is 5.75 Å². The van der Waals surface area contributed by atoms with E-state index in [1.54, 1.807) is 19.2 Å². The Balaban J connectivity index is 1.71. The predicted octanol–water partition coefficient (Wildman–Crippen LogP) is 3.76. The van der Waals surface area contributed by atoms with Crippen LogP contribution in [0, 0.1) is 0 Å². The zero-order valence-corrected chi connectivity index (χ0v) is 19.1. The summed E-state index contributed by atoms with van der Waals surface area (Å²) < 4.78 is 28.6. The monoisotopic (exact) mass is 450 g/mol. The lowest BCUT2D eigenvalue weighted by Gasteiger charge is -2.24. The molecule has 0 aliphatic carbocycles. The average molecular weight is 451 g/mol. The zero-order chi connectivity index (χ0) is 22.9. The van der Waals surface area contributed by atoms with Gasteiger partial charge in [0.1, 0.15) is 5.75 Å². The molecule has 0 fully saturated rings. The molecular formula is C24H26N4O3S. The van der Waals surface area contributed by atoms with E-state index < -0.39 is 10.0 Å². The third-order valence-corrected chi connectivity index (χ3v) is 6.49. The van der Waals surface area contributed by atoms with Gasteiger partial charge in [-0.15, -0.1) is 0 Å². The van der Waals surface area contributed by atoms with Gasteiger partial charge in [0.2, 0.25) is 10.0 Å².